The van der Waals surface area contributed by atoms with Crippen LogP contribution in [0.3, 0.4) is 0 Å². The number of nitrogens with zero attached hydrogens (tertiary/aromatic N) is 1. The second-order valence-electron chi connectivity index (χ2n) is 13.9. The van der Waals surface area contributed by atoms with Crippen molar-refractivity contribution in [3.05, 3.63) is 29.8 Å². The zero-order chi connectivity index (χ0) is 28.7. The van der Waals surface area contributed by atoms with Crippen molar-refractivity contribution >= 4 is 23.6 Å². The summed E-state index contributed by atoms with van der Waals surface area (Å²) in [6, 6.07) is 6.89. The van der Waals surface area contributed by atoms with Crippen LogP contribution in [0.15, 0.2) is 24.3 Å². The Morgan fingerprint density at radius 2 is 1.75 bits per heavy atom. The van der Waals surface area contributed by atoms with E-state index in [9.17, 15) is 19.5 Å². The third kappa shape index (κ3) is 6.15. The summed E-state index contributed by atoms with van der Waals surface area (Å²) in [5, 5.41) is 16.8. The first-order valence-electron chi connectivity index (χ1n) is 14.9. The summed E-state index contributed by atoms with van der Waals surface area (Å²) < 4.78 is 4.76. The smallest absolute Gasteiger partial charge is 0.407 e. The van der Waals surface area contributed by atoms with Crippen molar-refractivity contribution in [1.29, 1.82) is 0 Å². The largest absolute Gasteiger partial charge is 0.453 e. The lowest BCUT2D eigenvalue weighted by Gasteiger charge is -2.55. The highest BCUT2D eigenvalue weighted by Gasteiger charge is 2.54. The van der Waals surface area contributed by atoms with Crippen molar-refractivity contribution in [2.75, 3.05) is 25.1 Å². The molecule has 4 aliphatic carbocycles. The minimum Gasteiger partial charge on any atom is -0.453 e. The summed E-state index contributed by atoms with van der Waals surface area (Å²) in [5.41, 5.74) is 7.53. The zero-order valence-electron chi connectivity index (χ0n) is 24.2. The number of carbonyl (C=O) groups excluding carboxylic acids is 3. The van der Waals surface area contributed by atoms with Crippen LogP contribution in [0.4, 0.5) is 10.5 Å². The van der Waals surface area contributed by atoms with Crippen molar-refractivity contribution in [2.45, 2.75) is 89.8 Å². The fourth-order valence-corrected chi connectivity index (χ4v) is 8.43. The second-order valence-corrected chi connectivity index (χ2v) is 13.9. The normalized spacial score (nSPS) is 30.3. The molecule has 9 nitrogen and oxygen atoms in total. The number of carbonyl (C=O) groups is 3. The van der Waals surface area contributed by atoms with Gasteiger partial charge in [0.25, 0.3) is 0 Å². The third-order valence-electron chi connectivity index (χ3n) is 9.86. The standard InChI is InChI=1S/C31H46N4O5/c1-30(2,16-27(37)35-18-23(34-29(39)40-3)11-22-6-4-5-7-25(22)35)15-24(32)26(36)17-33-28(38)31-12-19-8-20(13-31)10-21(9-19)14-31/h4-7,19-21,23-24,26,36H,8-18,32H2,1-3H3,(H,33,38)(H,34,39)/t19?,20?,21?,23?,24-,26-,31?/m0/s1. The number of fused-ring (bicyclic) bond motifs is 1. The molecular weight excluding hydrogens is 508 g/mol. The summed E-state index contributed by atoms with van der Waals surface area (Å²) in [6.45, 7) is 4.44. The summed E-state index contributed by atoms with van der Waals surface area (Å²) in [5.74, 6) is 2.07. The van der Waals surface area contributed by atoms with Gasteiger partial charge in [-0.15, -0.1) is 0 Å². The summed E-state index contributed by atoms with van der Waals surface area (Å²) >= 11 is 0. The van der Waals surface area contributed by atoms with Gasteiger partial charge in [0, 0.05) is 36.7 Å². The van der Waals surface area contributed by atoms with Gasteiger partial charge in [0.1, 0.15) is 0 Å². The Morgan fingerprint density at radius 3 is 2.38 bits per heavy atom. The Morgan fingerprint density at radius 1 is 1.12 bits per heavy atom. The van der Waals surface area contributed by atoms with Gasteiger partial charge < -0.3 is 31.1 Å². The molecule has 5 aliphatic rings. The number of aliphatic hydroxyl groups excluding tert-OH is 1. The molecule has 220 valence electrons. The van der Waals surface area contributed by atoms with E-state index in [1.165, 1.54) is 26.4 Å². The first kappa shape index (κ1) is 28.9. The van der Waals surface area contributed by atoms with Gasteiger partial charge in [-0.2, -0.15) is 0 Å². The van der Waals surface area contributed by atoms with E-state index in [1.54, 1.807) is 4.90 Å². The first-order valence-corrected chi connectivity index (χ1v) is 14.9. The van der Waals surface area contributed by atoms with Crippen LogP contribution in [0, 0.1) is 28.6 Å². The summed E-state index contributed by atoms with van der Waals surface area (Å²) in [6.07, 6.45) is 6.64. The maximum Gasteiger partial charge on any atom is 0.407 e. The van der Waals surface area contributed by atoms with Crippen molar-refractivity contribution in [1.82, 2.24) is 10.6 Å². The number of para-hydroxylation sites is 1. The number of anilines is 1. The average molecular weight is 555 g/mol. The molecule has 0 spiro atoms. The van der Waals surface area contributed by atoms with Crippen molar-refractivity contribution in [3.63, 3.8) is 0 Å². The van der Waals surface area contributed by atoms with Crippen LogP contribution in [0.2, 0.25) is 0 Å². The van der Waals surface area contributed by atoms with Crippen molar-refractivity contribution < 1.29 is 24.2 Å². The van der Waals surface area contributed by atoms with E-state index in [0.29, 0.717) is 37.1 Å². The van der Waals surface area contributed by atoms with Crippen molar-refractivity contribution in [3.8, 4) is 0 Å². The lowest BCUT2D eigenvalue weighted by atomic mass is 9.49. The molecule has 4 fully saturated rings. The highest BCUT2D eigenvalue weighted by Crippen LogP contribution is 2.60. The molecule has 1 aliphatic heterocycles. The lowest BCUT2D eigenvalue weighted by molar-refractivity contribution is -0.146. The molecule has 5 N–H and O–H groups in total. The number of alkyl carbamates (subject to hydrolysis) is 1. The number of hydrogen-bond donors (Lipinski definition) is 4. The average Bonchev–Trinajstić information content (AvgIpc) is 2.89. The van der Waals surface area contributed by atoms with Gasteiger partial charge in [-0.3, -0.25) is 9.59 Å². The molecule has 1 aromatic rings. The zero-order valence-corrected chi connectivity index (χ0v) is 24.2. The van der Waals surface area contributed by atoms with Crippen LogP contribution >= 0.6 is 0 Å². The number of nitrogens with two attached hydrogens (primary N) is 1. The highest BCUT2D eigenvalue weighted by molar-refractivity contribution is 5.95. The molecule has 0 saturated heterocycles. The number of ether oxygens (including phenoxy) is 1. The van der Waals surface area contributed by atoms with Gasteiger partial charge in [-0.25, -0.2) is 4.79 Å². The lowest BCUT2D eigenvalue weighted by Crippen LogP contribution is -2.55. The van der Waals surface area contributed by atoms with E-state index in [4.69, 9.17) is 10.5 Å². The first-order chi connectivity index (χ1) is 19.0. The molecule has 9 heteroatoms. The fraction of sp³-hybridized carbons (Fsp3) is 0.710. The number of methoxy groups -OCH3 is 1. The highest BCUT2D eigenvalue weighted by atomic mass is 16.5. The minimum atomic E-state index is -0.892. The van der Waals surface area contributed by atoms with Crippen LogP contribution < -0.4 is 21.3 Å². The van der Waals surface area contributed by atoms with Gasteiger partial charge in [0.15, 0.2) is 0 Å². The Balaban J connectivity index is 1.15. The number of aliphatic hydroxyl groups is 1. The molecule has 1 heterocycles. The molecular formula is C31H46N4O5. The van der Waals surface area contributed by atoms with Crippen LogP contribution in [0.1, 0.15) is 70.8 Å². The van der Waals surface area contributed by atoms with E-state index >= 15 is 0 Å². The summed E-state index contributed by atoms with van der Waals surface area (Å²) in [4.78, 5) is 40.4. The van der Waals surface area contributed by atoms with Crippen molar-refractivity contribution in [2.24, 2.45) is 34.3 Å². The number of nitrogens with one attached hydrogen (secondary N) is 2. The molecule has 1 aromatic carbocycles. The van der Waals surface area contributed by atoms with Gasteiger partial charge in [0.2, 0.25) is 11.8 Å². The molecule has 3 amide bonds. The topological polar surface area (TPSA) is 134 Å². The number of benzene rings is 1. The van der Waals surface area contributed by atoms with Gasteiger partial charge in [-0.1, -0.05) is 32.0 Å². The van der Waals surface area contributed by atoms with E-state index in [1.807, 2.05) is 38.1 Å². The van der Waals surface area contributed by atoms with Gasteiger partial charge in [-0.05, 0) is 86.2 Å². The Labute approximate surface area is 237 Å². The monoisotopic (exact) mass is 554 g/mol. The second kappa shape index (κ2) is 11.3. The molecule has 4 saturated carbocycles. The number of rotatable bonds is 9. The predicted octanol–water partition coefficient (Wildman–Crippen LogP) is 3.13. The number of amides is 3. The molecule has 3 atom stereocenters. The molecule has 0 aromatic heterocycles. The van der Waals surface area contributed by atoms with E-state index in [2.05, 4.69) is 10.6 Å². The predicted molar refractivity (Wildman–Crippen MR) is 152 cm³/mol. The van der Waals surface area contributed by atoms with Crippen LogP contribution in [0.5, 0.6) is 0 Å². The van der Waals surface area contributed by atoms with Crippen LogP contribution in [-0.2, 0) is 20.7 Å². The maximum atomic E-state index is 13.6. The Bertz CT molecular complexity index is 1090. The van der Waals surface area contributed by atoms with Crippen LogP contribution in [0.25, 0.3) is 0 Å². The SMILES string of the molecule is COC(=O)NC1Cc2ccccc2N(C(=O)CC(C)(C)C[C@H](N)[C@@H](O)CNC(=O)C23CC4CC(CC(C4)C2)C3)C1. The number of hydrogen-bond acceptors (Lipinski definition) is 6. The molecule has 6 rings (SSSR count). The maximum absolute atomic E-state index is 13.6. The van der Waals surface area contributed by atoms with E-state index in [0.717, 1.165) is 30.5 Å². The Hall–Kier alpha value is -2.65. The fourth-order valence-electron chi connectivity index (χ4n) is 8.43. The van der Waals surface area contributed by atoms with E-state index < -0.39 is 23.7 Å². The quantitative estimate of drug-likeness (QED) is 0.371. The van der Waals surface area contributed by atoms with Gasteiger partial charge in [0.05, 0.1) is 19.3 Å². The molecule has 40 heavy (non-hydrogen) atoms. The Kier molecular flexibility index (Phi) is 8.17. The third-order valence-corrected chi connectivity index (χ3v) is 9.86. The molecule has 4 bridgehead atoms. The molecule has 0 radical (unpaired) electrons. The van der Waals surface area contributed by atoms with E-state index in [-0.39, 0.29) is 36.2 Å². The van der Waals surface area contributed by atoms with Crippen LogP contribution in [-0.4, -0.2) is 61.4 Å². The molecule has 1 unspecified atom stereocenters. The summed E-state index contributed by atoms with van der Waals surface area (Å²) in [7, 11) is 1.32. The minimum absolute atomic E-state index is 0.0642. The van der Waals surface area contributed by atoms with Gasteiger partial charge >= 0.3 is 6.09 Å².